The van der Waals surface area contributed by atoms with E-state index in [-0.39, 0.29) is 10.8 Å². The van der Waals surface area contributed by atoms with Gasteiger partial charge in [-0.1, -0.05) is 95.1 Å². The molecule has 0 amide bonds. The summed E-state index contributed by atoms with van der Waals surface area (Å²) >= 11 is 6.02. The van der Waals surface area contributed by atoms with Crippen LogP contribution in [-0.4, -0.2) is 0 Å². The van der Waals surface area contributed by atoms with Crippen molar-refractivity contribution in [1.29, 1.82) is 0 Å². The first kappa shape index (κ1) is 19.8. The lowest BCUT2D eigenvalue weighted by molar-refractivity contribution is 0.590. The van der Waals surface area contributed by atoms with Gasteiger partial charge < -0.3 is 0 Å². The number of halogens is 1. The average Bonchev–Trinajstić information content (AvgIpc) is 2.41. The van der Waals surface area contributed by atoms with Gasteiger partial charge in [-0.05, 0) is 47.4 Å². The van der Waals surface area contributed by atoms with E-state index < -0.39 is 0 Å². The van der Waals surface area contributed by atoms with Crippen LogP contribution in [0.15, 0.2) is 42.5 Å². The molecule has 2 rings (SSSR count). The Hall–Kier alpha value is -1.27. The minimum absolute atomic E-state index is 0.192. The minimum Gasteiger partial charge on any atom is -0.0840 e. The topological polar surface area (TPSA) is 0 Å². The zero-order chi connectivity index (χ0) is 17.8. The van der Waals surface area contributed by atoms with E-state index in [1.54, 1.807) is 0 Å². The third-order valence-corrected chi connectivity index (χ3v) is 4.36. The molecular formula is C22H31Cl. The second kappa shape index (κ2) is 7.53. The first-order valence-electron chi connectivity index (χ1n) is 8.25. The Labute approximate surface area is 147 Å². The Kier molecular flexibility index (Phi) is 6.48. The first-order chi connectivity index (χ1) is 10.4. The molecule has 0 radical (unpaired) electrons. The molecule has 2 aromatic carbocycles. The van der Waals surface area contributed by atoms with E-state index in [9.17, 15) is 0 Å². The van der Waals surface area contributed by atoms with Crippen molar-refractivity contribution in [3.63, 3.8) is 0 Å². The molecule has 1 heteroatoms. The summed E-state index contributed by atoms with van der Waals surface area (Å²) in [6, 6.07) is 15.0. The summed E-state index contributed by atoms with van der Waals surface area (Å²) in [4.78, 5) is 0. The lowest BCUT2D eigenvalue weighted by atomic mass is 9.87. The molecule has 0 nitrogen and oxygen atoms in total. The van der Waals surface area contributed by atoms with Crippen molar-refractivity contribution in [3.05, 3.63) is 69.7 Å². The maximum Gasteiger partial charge on any atom is 0.0438 e. The van der Waals surface area contributed by atoms with Gasteiger partial charge in [0.15, 0.2) is 0 Å². The van der Waals surface area contributed by atoms with Gasteiger partial charge in [0, 0.05) is 5.02 Å². The van der Waals surface area contributed by atoms with Crippen LogP contribution < -0.4 is 0 Å². The summed E-state index contributed by atoms with van der Waals surface area (Å²) in [5.41, 5.74) is 5.65. The average molecular weight is 331 g/mol. The first-order valence-corrected chi connectivity index (χ1v) is 8.63. The maximum atomic E-state index is 6.02. The molecule has 23 heavy (non-hydrogen) atoms. The Balaban J connectivity index is 0.000000231. The third-order valence-electron chi connectivity index (χ3n) is 3.96. The highest BCUT2D eigenvalue weighted by Crippen LogP contribution is 2.26. The van der Waals surface area contributed by atoms with Crippen molar-refractivity contribution >= 4 is 11.6 Å². The van der Waals surface area contributed by atoms with E-state index in [1.165, 1.54) is 16.7 Å². The van der Waals surface area contributed by atoms with Crippen LogP contribution in [0.5, 0.6) is 0 Å². The number of hydrogen-bond donors (Lipinski definition) is 0. The van der Waals surface area contributed by atoms with Crippen LogP contribution in [0.1, 0.15) is 63.8 Å². The van der Waals surface area contributed by atoms with Gasteiger partial charge in [0.2, 0.25) is 0 Å². The van der Waals surface area contributed by atoms with Crippen molar-refractivity contribution in [1.82, 2.24) is 0 Å². The summed E-state index contributed by atoms with van der Waals surface area (Å²) < 4.78 is 0. The molecule has 2 aromatic rings. The van der Waals surface area contributed by atoms with E-state index in [4.69, 9.17) is 11.6 Å². The van der Waals surface area contributed by atoms with E-state index in [0.29, 0.717) is 0 Å². The standard InChI is InChI=1S/C11H15Cl.C11H16/c1-8-5-6-9(7-10(8)12)11(2,3)4;1-9-5-7-10(8-6-9)11(2,3)4/h5-7H,1-4H3;5-8H,1-4H3. The highest BCUT2D eigenvalue weighted by atomic mass is 35.5. The molecule has 0 spiro atoms. The van der Waals surface area contributed by atoms with Crippen LogP contribution in [-0.2, 0) is 10.8 Å². The second-order valence-electron chi connectivity index (χ2n) is 8.33. The molecule has 0 unspecified atom stereocenters. The van der Waals surface area contributed by atoms with Gasteiger partial charge in [0.05, 0.1) is 0 Å². The quantitative estimate of drug-likeness (QED) is 0.477. The summed E-state index contributed by atoms with van der Waals surface area (Å²) in [6.07, 6.45) is 0. The van der Waals surface area contributed by atoms with Gasteiger partial charge in [-0.2, -0.15) is 0 Å². The molecule has 0 aliphatic heterocycles. The molecule has 0 aliphatic carbocycles. The number of benzene rings is 2. The van der Waals surface area contributed by atoms with Crippen LogP contribution >= 0.6 is 11.6 Å². The Morgan fingerprint density at radius 2 is 1.09 bits per heavy atom. The maximum absolute atomic E-state index is 6.02. The van der Waals surface area contributed by atoms with Crippen LogP contribution in [0.2, 0.25) is 5.02 Å². The van der Waals surface area contributed by atoms with Crippen molar-refractivity contribution in [2.24, 2.45) is 0 Å². The fraction of sp³-hybridized carbons (Fsp3) is 0.455. The number of rotatable bonds is 0. The molecular weight excluding hydrogens is 300 g/mol. The van der Waals surface area contributed by atoms with Gasteiger partial charge in [-0.25, -0.2) is 0 Å². The zero-order valence-corrected chi connectivity index (χ0v) is 16.7. The van der Waals surface area contributed by atoms with Crippen LogP contribution in [0, 0.1) is 13.8 Å². The van der Waals surface area contributed by atoms with Gasteiger partial charge >= 0.3 is 0 Å². The molecule has 0 fully saturated rings. The lowest BCUT2D eigenvalue weighted by Gasteiger charge is -2.19. The van der Waals surface area contributed by atoms with Gasteiger partial charge in [-0.3, -0.25) is 0 Å². The van der Waals surface area contributed by atoms with E-state index in [2.05, 4.69) is 90.9 Å². The Bertz CT molecular complexity index is 623. The highest BCUT2D eigenvalue weighted by Gasteiger charge is 2.14. The van der Waals surface area contributed by atoms with Crippen molar-refractivity contribution in [3.8, 4) is 0 Å². The van der Waals surface area contributed by atoms with Gasteiger partial charge in [0.1, 0.15) is 0 Å². The Morgan fingerprint density at radius 3 is 1.48 bits per heavy atom. The fourth-order valence-electron chi connectivity index (χ4n) is 2.11. The number of aryl methyl sites for hydroxylation is 2. The fourth-order valence-corrected chi connectivity index (χ4v) is 2.29. The monoisotopic (exact) mass is 330 g/mol. The zero-order valence-electron chi connectivity index (χ0n) is 15.9. The summed E-state index contributed by atoms with van der Waals surface area (Å²) in [7, 11) is 0. The van der Waals surface area contributed by atoms with Crippen molar-refractivity contribution in [2.45, 2.75) is 66.2 Å². The molecule has 126 valence electrons. The normalized spacial score (nSPS) is 11.7. The van der Waals surface area contributed by atoms with Crippen LogP contribution in [0.3, 0.4) is 0 Å². The molecule has 0 saturated heterocycles. The molecule has 0 saturated carbocycles. The van der Waals surface area contributed by atoms with E-state index >= 15 is 0 Å². The summed E-state index contributed by atoms with van der Waals surface area (Å²) in [5, 5.41) is 0.863. The molecule has 0 heterocycles. The molecule has 0 aromatic heterocycles. The van der Waals surface area contributed by atoms with E-state index in [0.717, 1.165) is 10.6 Å². The smallest absolute Gasteiger partial charge is 0.0438 e. The van der Waals surface area contributed by atoms with Crippen LogP contribution in [0.4, 0.5) is 0 Å². The summed E-state index contributed by atoms with van der Waals surface area (Å²) in [5.74, 6) is 0. The largest absolute Gasteiger partial charge is 0.0840 e. The Morgan fingerprint density at radius 1 is 0.652 bits per heavy atom. The number of hydrogen-bond acceptors (Lipinski definition) is 0. The second-order valence-corrected chi connectivity index (χ2v) is 8.74. The molecule has 0 atom stereocenters. The van der Waals surface area contributed by atoms with Gasteiger partial charge in [-0.15, -0.1) is 0 Å². The molecule has 0 aliphatic rings. The third kappa shape index (κ3) is 6.39. The van der Waals surface area contributed by atoms with Gasteiger partial charge in [0.25, 0.3) is 0 Å². The van der Waals surface area contributed by atoms with Crippen molar-refractivity contribution < 1.29 is 0 Å². The highest BCUT2D eigenvalue weighted by molar-refractivity contribution is 6.31. The summed E-state index contributed by atoms with van der Waals surface area (Å²) in [6.45, 7) is 17.4. The predicted molar refractivity (Wildman–Crippen MR) is 105 cm³/mol. The lowest BCUT2D eigenvalue weighted by Crippen LogP contribution is -2.10. The van der Waals surface area contributed by atoms with Crippen LogP contribution in [0.25, 0.3) is 0 Å². The predicted octanol–water partition coefficient (Wildman–Crippen LogP) is 7.24. The molecule has 0 bridgehead atoms. The van der Waals surface area contributed by atoms with E-state index in [1.807, 2.05) is 6.92 Å². The van der Waals surface area contributed by atoms with Crippen molar-refractivity contribution in [2.75, 3.05) is 0 Å². The molecule has 0 N–H and O–H groups in total. The minimum atomic E-state index is 0.192. The SMILES string of the molecule is Cc1ccc(C(C)(C)C)cc1.Cc1ccc(C(C)(C)C)cc1Cl.